The minimum atomic E-state index is -0.994. The zero-order valence-corrected chi connectivity index (χ0v) is 21.0. The Morgan fingerprint density at radius 2 is 1.89 bits per heavy atom. The van der Waals surface area contributed by atoms with Gasteiger partial charge in [-0.2, -0.15) is 0 Å². The number of halogens is 3. The van der Waals surface area contributed by atoms with E-state index in [2.05, 4.69) is 10.6 Å². The highest BCUT2D eigenvalue weighted by Gasteiger charge is 2.26. The molecule has 0 saturated heterocycles. The van der Waals surface area contributed by atoms with Gasteiger partial charge in [0.2, 0.25) is 5.91 Å². The van der Waals surface area contributed by atoms with E-state index in [-0.39, 0.29) is 43.6 Å². The molecule has 1 aliphatic heterocycles. The number of nitrogens with zero attached hydrogens (tertiary/aromatic N) is 1. The summed E-state index contributed by atoms with van der Waals surface area (Å²) < 4.78 is 34.5. The molecule has 36 heavy (non-hydrogen) atoms. The molecule has 1 heterocycles. The third-order valence-electron chi connectivity index (χ3n) is 5.69. The summed E-state index contributed by atoms with van der Waals surface area (Å²) in [6.45, 7) is 4.02. The Balaban J connectivity index is 1.86. The fourth-order valence-electron chi connectivity index (χ4n) is 4.02. The molecule has 7 nitrogen and oxygen atoms in total. The minimum Gasteiger partial charge on any atom is -0.491 e. The van der Waals surface area contributed by atoms with Crippen molar-refractivity contribution in [3.8, 4) is 5.75 Å². The molecule has 1 aliphatic rings. The number of hydrogen-bond donors (Lipinski definition) is 2. The lowest BCUT2D eigenvalue weighted by molar-refractivity contribution is -0.122. The molecule has 194 valence electrons. The van der Waals surface area contributed by atoms with Gasteiger partial charge in [-0.15, -0.1) is 0 Å². The van der Waals surface area contributed by atoms with Crippen molar-refractivity contribution in [2.75, 3.05) is 26.2 Å². The van der Waals surface area contributed by atoms with Crippen LogP contribution in [0, 0.1) is 17.6 Å². The zero-order valence-electron chi connectivity index (χ0n) is 20.3. The first-order chi connectivity index (χ1) is 17.2. The van der Waals surface area contributed by atoms with Crippen LogP contribution in [0.15, 0.2) is 36.4 Å². The minimum absolute atomic E-state index is 0.0712. The number of amides is 3. The molecular weight excluding hydrogens is 492 g/mol. The van der Waals surface area contributed by atoms with Gasteiger partial charge in [0.05, 0.1) is 18.2 Å². The van der Waals surface area contributed by atoms with Gasteiger partial charge in [-0.05, 0) is 55.5 Å². The van der Waals surface area contributed by atoms with Crippen LogP contribution < -0.4 is 15.4 Å². The van der Waals surface area contributed by atoms with Gasteiger partial charge in [-0.25, -0.2) is 8.78 Å². The van der Waals surface area contributed by atoms with E-state index in [0.29, 0.717) is 30.0 Å². The van der Waals surface area contributed by atoms with Crippen LogP contribution in [-0.2, 0) is 4.79 Å². The normalized spacial score (nSPS) is 17.8. The molecule has 0 unspecified atom stereocenters. The highest BCUT2D eigenvalue weighted by Crippen LogP contribution is 2.24. The lowest BCUT2D eigenvalue weighted by atomic mass is 10.0. The monoisotopic (exact) mass is 521 g/mol. The SMILES string of the molecule is CC(C)C[C@H]1COc2ccc(Cl)cc2C(=O)NCCCCN(C(=O)c2c(F)cccc2F)CC(=O)N1. The van der Waals surface area contributed by atoms with Gasteiger partial charge in [-0.1, -0.05) is 31.5 Å². The Kier molecular flexibility index (Phi) is 9.64. The Bertz CT molecular complexity index is 1090. The molecule has 2 N–H and O–H groups in total. The van der Waals surface area contributed by atoms with Crippen LogP contribution in [0.1, 0.15) is 53.8 Å². The van der Waals surface area contributed by atoms with Crippen LogP contribution in [0.3, 0.4) is 0 Å². The van der Waals surface area contributed by atoms with Gasteiger partial charge in [0.25, 0.3) is 11.8 Å². The van der Waals surface area contributed by atoms with Crippen LogP contribution in [0.4, 0.5) is 8.78 Å². The summed E-state index contributed by atoms with van der Waals surface area (Å²) in [7, 11) is 0. The largest absolute Gasteiger partial charge is 0.491 e. The Labute approximate surface area is 214 Å². The topological polar surface area (TPSA) is 87.7 Å². The molecule has 0 spiro atoms. The third kappa shape index (κ3) is 7.40. The second-order valence-electron chi connectivity index (χ2n) is 9.13. The van der Waals surface area contributed by atoms with Crippen LogP contribution in [-0.4, -0.2) is 54.9 Å². The molecular formula is C26H30ClF2N3O4. The van der Waals surface area contributed by atoms with Crippen molar-refractivity contribution in [3.63, 3.8) is 0 Å². The maximum Gasteiger partial charge on any atom is 0.260 e. The molecule has 0 aliphatic carbocycles. The van der Waals surface area contributed by atoms with E-state index in [0.717, 1.165) is 17.0 Å². The van der Waals surface area contributed by atoms with Gasteiger partial charge < -0.3 is 20.3 Å². The van der Waals surface area contributed by atoms with Crippen molar-refractivity contribution < 1.29 is 27.9 Å². The summed E-state index contributed by atoms with van der Waals surface area (Å²) in [5.41, 5.74) is -0.426. The van der Waals surface area contributed by atoms with Crippen LogP contribution in [0.25, 0.3) is 0 Å². The summed E-state index contributed by atoms with van der Waals surface area (Å²) in [4.78, 5) is 39.9. The number of carbonyl (C=O) groups is 3. The number of nitrogens with one attached hydrogen (secondary N) is 2. The average molecular weight is 522 g/mol. The lowest BCUT2D eigenvalue weighted by Gasteiger charge is -2.25. The van der Waals surface area contributed by atoms with E-state index in [9.17, 15) is 23.2 Å². The first kappa shape index (κ1) is 27.4. The van der Waals surface area contributed by atoms with Crippen molar-refractivity contribution in [2.45, 2.75) is 39.2 Å². The van der Waals surface area contributed by atoms with Gasteiger partial charge >= 0.3 is 0 Å². The van der Waals surface area contributed by atoms with Crippen molar-refractivity contribution in [1.29, 1.82) is 0 Å². The molecule has 2 aromatic carbocycles. The zero-order chi connectivity index (χ0) is 26.2. The van der Waals surface area contributed by atoms with E-state index in [1.54, 1.807) is 12.1 Å². The summed E-state index contributed by atoms with van der Waals surface area (Å²) in [5, 5.41) is 6.04. The predicted octanol–water partition coefficient (Wildman–Crippen LogP) is 4.19. The molecule has 0 fully saturated rings. The first-order valence-corrected chi connectivity index (χ1v) is 12.3. The highest BCUT2D eigenvalue weighted by molar-refractivity contribution is 6.31. The Morgan fingerprint density at radius 3 is 2.58 bits per heavy atom. The second kappa shape index (κ2) is 12.7. The molecule has 0 bridgehead atoms. The molecule has 3 amide bonds. The summed E-state index contributed by atoms with van der Waals surface area (Å²) in [5.74, 6) is -3.20. The average Bonchev–Trinajstić information content (AvgIpc) is 2.81. The van der Waals surface area contributed by atoms with Crippen molar-refractivity contribution in [3.05, 3.63) is 64.2 Å². The number of carbonyl (C=O) groups excluding carboxylic acids is 3. The standard InChI is InChI=1S/C26H30ClF2N3O4/c1-16(2)12-18-15-36-22-9-8-17(27)13-19(22)25(34)30-10-3-4-11-32(14-23(33)31-18)26(35)24-20(28)6-5-7-21(24)29/h5-9,13,16,18H,3-4,10-12,14-15H2,1-2H3,(H,30,34)(H,31,33)/t18-/m0/s1. The lowest BCUT2D eigenvalue weighted by Crippen LogP contribution is -2.47. The number of benzene rings is 2. The summed E-state index contributed by atoms with van der Waals surface area (Å²) in [6, 6.07) is 7.47. The highest BCUT2D eigenvalue weighted by atomic mass is 35.5. The van der Waals surface area contributed by atoms with E-state index < -0.39 is 35.1 Å². The van der Waals surface area contributed by atoms with Crippen molar-refractivity contribution in [2.24, 2.45) is 5.92 Å². The van der Waals surface area contributed by atoms with Gasteiger partial charge in [-0.3, -0.25) is 14.4 Å². The Hall–Kier alpha value is -3.20. The van der Waals surface area contributed by atoms with Crippen LogP contribution in [0.2, 0.25) is 5.02 Å². The fourth-order valence-corrected chi connectivity index (χ4v) is 4.19. The van der Waals surface area contributed by atoms with E-state index >= 15 is 0 Å². The molecule has 0 aromatic heterocycles. The molecule has 10 heteroatoms. The predicted molar refractivity (Wildman–Crippen MR) is 132 cm³/mol. The number of rotatable bonds is 3. The molecule has 3 rings (SSSR count). The molecule has 2 aromatic rings. The van der Waals surface area contributed by atoms with E-state index in [1.807, 2.05) is 13.8 Å². The number of ether oxygens (including phenoxy) is 1. The molecule has 0 saturated carbocycles. The summed E-state index contributed by atoms with van der Waals surface area (Å²) in [6.07, 6.45) is 1.42. The fraction of sp³-hybridized carbons (Fsp3) is 0.423. The van der Waals surface area contributed by atoms with Gasteiger partial charge in [0.15, 0.2) is 0 Å². The smallest absolute Gasteiger partial charge is 0.260 e. The van der Waals surface area contributed by atoms with E-state index in [4.69, 9.17) is 16.3 Å². The summed E-state index contributed by atoms with van der Waals surface area (Å²) >= 11 is 6.09. The molecule has 1 atom stereocenters. The van der Waals surface area contributed by atoms with Crippen LogP contribution >= 0.6 is 11.6 Å². The number of fused-ring (bicyclic) bond motifs is 1. The maximum atomic E-state index is 14.3. The molecule has 0 radical (unpaired) electrons. The second-order valence-corrected chi connectivity index (χ2v) is 9.57. The third-order valence-corrected chi connectivity index (χ3v) is 5.92. The Morgan fingerprint density at radius 1 is 1.17 bits per heavy atom. The quantitative estimate of drug-likeness (QED) is 0.634. The first-order valence-electron chi connectivity index (χ1n) is 11.9. The van der Waals surface area contributed by atoms with Gasteiger partial charge in [0, 0.05) is 18.1 Å². The van der Waals surface area contributed by atoms with Crippen molar-refractivity contribution >= 4 is 29.3 Å². The van der Waals surface area contributed by atoms with Gasteiger partial charge in [0.1, 0.15) is 29.6 Å². The van der Waals surface area contributed by atoms with Crippen molar-refractivity contribution in [1.82, 2.24) is 15.5 Å². The van der Waals surface area contributed by atoms with Crippen LogP contribution in [0.5, 0.6) is 5.75 Å². The number of hydrogen-bond acceptors (Lipinski definition) is 4. The van der Waals surface area contributed by atoms with E-state index in [1.165, 1.54) is 12.1 Å². The maximum absolute atomic E-state index is 14.3.